The molecule has 0 aromatic carbocycles. The van der Waals surface area contributed by atoms with Crippen molar-refractivity contribution in [2.75, 3.05) is 37.6 Å². The van der Waals surface area contributed by atoms with Gasteiger partial charge in [0.15, 0.2) is 0 Å². The van der Waals surface area contributed by atoms with Gasteiger partial charge in [-0.05, 0) is 30.5 Å². The van der Waals surface area contributed by atoms with Crippen molar-refractivity contribution in [3.63, 3.8) is 0 Å². The van der Waals surface area contributed by atoms with Crippen LogP contribution in [0.3, 0.4) is 0 Å². The van der Waals surface area contributed by atoms with E-state index in [1.807, 2.05) is 12.4 Å². The Hall–Kier alpha value is -1.09. The lowest BCUT2D eigenvalue weighted by atomic mass is 10.1. The fourth-order valence-corrected chi connectivity index (χ4v) is 2.55. The second-order valence-corrected chi connectivity index (χ2v) is 5.81. The zero-order valence-electron chi connectivity index (χ0n) is 12.6. The smallest absolute Gasteiger partial charge is 0.0556 e. The number of anilines is 1. The average Bonchev–Trinajstić information content (AvgIpc) is 2.46. The van der Waals surface area contributed by atoms with Crippen molar-refractivity contribution in [3.05, 3.63) is 24.0 Å². The Morgan fingerprint density at radius 3 is 2.53 bits per heavy atom. The average molecular weight is 261 g/mol. The van der Waals surface area contributed by atoms with Crippen molar-refractivity contribution in [2.45, 2.75) is 39.5 Å². The minimum Gasteiger partial charge on any atom is -0.368 e. The number of pyridine rings is 1. The van der Waals surface area contributed by atoms with E-state index in [1.54, 1.807) is 0 Å². The van der Waals surface area contributed by atoms with Gasteiger partial charge in [0.2, 0.25) is 0 Å². The summed E-state index contributed by atoms with van der Waals surface area (Å²) in [6, 6.07) is 2.30. The van der Waals surface area contributed by atoms with E-state index >= 15 is 0 Å². The first kappa shape index (κ1) is 14.3. The molecule has 0 atom stereocenters. The molecular formula is C16H27N3. The van der Waals surface area contributed by atoms with Gasteiger partial charge in [-0.3, -0.25) is 9.88 Å². The van der Waals surface area contributed by atoms with E-state index in [-0.39, 0.29) is 0 Å². The highest BCUT2D eigenvalue weighted by Gasteiger charge is 2.17. The van der Waals surface area contributed by atoms with Crippen molar-refractivity contribution in [1.29, 1.82) is 0 Å². The van der Waals surface area contributed by atoms with Crippen LogP contribution in [0.5, 0.6) is 0 Å². The summed E-state index contributed by atoms with van der Waals surface area (Å²) in [4.78, 5) is 9.45. The summed E-state index contributed by atoms with van der Waals surface area (Å²) in [5.41, 5.74) is 2.63. The first-order valence-electron chi connectivity index (χ1n) is 7.63. The molecule has 2 heterocycles. The number of aromatic nitrogens is 1. The molecule has 0 spiro atoms. The van der Waals surface area contributed by atoms with Gasteiger partial charge < -0.3 is 4.90 Å². The second kappa shape index (κ2) is 6.90. The third kappa shape index (κ3) is 3.93. The lowest BCUT2D eigenvalue weighted by Crippen LogP contribution is -2.46. The van der Waals surface area contributed by atoms with Gasteiger partial charge >= 0.3 is 0 Å². The zero-order chi connectivity index (χ0) is 13.7. The lowest BCUT2D eigenvalue weighted by Gasteiger charge is -2.36. The highest BCUT2D eigenvalue weighted by atomic mass is 15.3. The maximum atomic E-state index is 4.39. The molecule has 1 aliphatic heterocycles. The van der Waals surface area contributed by atoms with Gasteiger partial charge in [-0.2, -0.15) is 0 Å². The van der Waals surface area contributed by atoms with E-state index in [4.69, 9.17) is 0 Å². The predicted octanol–water partition coefficient (Wildman–Crippen LogP) is 3.13. The van der Waals surface area contributed by atoms with Crippen LogP contribution in [0.15, 0.2) is 18.5 Å². The first-order valence-corrected chi connectivity index (χ1v) is 7.63. The SMILES string of the molecule is CCCCN1CCN(c2cncc(C(C)C)c2)CC1. The number of nitrogens with zero attached hydrogens (tertiary/aromatic N) is 3. The predicted molar refractivity (Wildman–Crippen MR) is 81.9 cm³/mol. The zero-order valence-corrected chi connectivity index (χ0v) is 12.6. The van der Waals surface area contributed by atoms with Crippen molar-refractivity contribution < 1.29 is 0 Å². The number of hydrogen-bond acceptors (Lipinski definition) is 3. The molecule has 19 heavy (non-hydrogen) atoms. The van der Waals surface area contributed by atoms with Gasteiger partial charge in [-0.25, -0.2) is 0 Å². The molecule has 0 aliphatic carbocycles. The maximum Gasteiger partial charge on any atom is 0.0556 e. The van der Waals surface area contributed by atoms with Crippen LogP contribution in [-0.2, 0) is 0 Å². The third-order valence-electron chi connectivity index (χ3n) is 3.98. The minimum absolute atomic E-state index is 0.554. The van der Waals surface area contributed by atoms with Crippen LogP contribution < -0.4 is 4.90 Å². The molecule has 2 rings (SSSR count). The Labute approximate surface area is 117 Å². The van der Waals surface area contributed by atoms with E-state index in [0.717, 1.165) is 13.1 Å². The molecule has 0 bridgehead atoms. The monoisotopic (exact) mass is 261 g/mol. The first-order chi connectivity index (χ1) is 9.20. The molecule has 1 fully saturated rings. The maximum absolute atomic E-state index is 4.39. The molecular weight excluding hydrogens is 234 g/mol. The Morgan fingerprint density at radius 2 is 1.89 bits per heavy atom. The summed E-state index contributed by atoms with van der Waals surface area (Å²) in [6.07, 6.45) is 6.62. The van der Waals surface area contributed by atoms with E-state index in [1.165, 1.54) is 43.7 Å². The molecule has 106 valence electrons. The Balaban J connectivity index is 1.92. The standard InChI is InChI=1S/C16H27N3/c1-4-5-6-18-7-9-19(10-8-18)16-11-15(14(2)3)12-17-13-16/h11-14H,4-10H2,1-3H3. The molecule has 1 aliphatic rings. The van der Waals surface area contributed by atoms with Gasteiger partial charge in [0.05, 0.1) is 11.9 Å². The largest absolute Gasteiger partial charge is 0.368 e. The molecule has 1 saturated heterocycles. The molecule has 1 aromatic rings. The van der Waals surface area contributed by atoms with Crippen molar-refractivity contribution >= 4 is 5.69 Å². The highest BCUT2D eigenvalue weighted by molar-refractivity contribution is 5.47. The topological polar surface area (TPSA) is 19.4 Å². The molecule has 0 amide bonds. The number of unbranched alkanes of at least 4 members (excludes halogenated alkanes) is 1. The van der Waals surface area contributed by atoms with Gasteiger partial charge in [-0.1, -0.05) is 27.2 Å². The lowest BCUT2D eigenvalue weighted by molar-refractivity contribution is 0.254. The Morgan fingerprint density at radius 1 is 1.16 bits per heavy atom. The summed E-state index contributed by atoms with van der Waals surface area (Å²) < 4.78 is 0. The summed E-state index contributed by atoms with van der Waals surface area (Å²) in [6.45, 7) is 12.6. The summed E-state index contributed by atoms with van der Waals surface area (Å²) in [5.74, 6) is 0.554. The van der Waals surface area contributed by atoms with Crippen LogP contribution in [0.25, 0.3) is 0 Å². The van der Waals surface area contributed by atoms with Crippen LogP contribution in [0, 0.1) is 0 Å². The van der Waals surface area contributed by atoms with E-state index in [2.05, 4.69) is 41.6 Å². The van der Waals surface area contributed by atoms with Crippen LogP contribution in [0.4, 0.5) is 5.69 Å². The van der Waals surface area contributed by atoms with Gasteiger partial charge in [0, 0.05) is 32.4 Å². The summed E-state index contributed by atoms with van der Waals surface area (Å²) in [5, 5.41) is 0. The highest BCUT2D eigenvalue weighted by Crippen LogP contribution is 2.21. The molecule has 0 saturated carbocycles. The van der Waals surface area contributed by atoms with Crippen LogP contribution >= 0.6 is 0 Å². The van der Waals surface area contributed by atoms with Gasteiger partial charge in [0.25, 0.3) is 0 Å². The van der Waals surface area contributed by atoms with Crippen LogP contribution in [0.1, 0.15) is 45.1 Å². The van der Waals surface area contributed by atoms with E-state index < -0.39 is 0 Å². The van der Waals surface area contributed by atoms with Crippen LogP contribution in [-0.4, -0.2) is 42.6 Å². The molecule has 3 nitrogen and oxygen atoms in total. The van der Waals surface area contributed by atoms with Gasteiger partial charge in [0.1, 0.15) is 0 Å². The number of hydrogen-bond donors (Lipinski definition) is 0. The number of rotatable bonds is 5. The fourth-order valence-electron chi connectivity index (χ4n) is 2.55. The van der Waals surface area contributed by atoms with E-state index in [0.29, 0.717) is 5.92 Å². The second-order valence-electron chi connectivity index (χ2n) is 5.81. The van der Waals surface area contributed by atoms with Crippen LogP contribution in [0.2, 0.25) is 0 Å². The summed E-state index contributed by atoms with van der Waals surface area (Å²) >= 11 is 0. The molecule has 1 aromatic heterocycles. The van der Waals surface area contributed by atoms with Gasteiger partial charge in [-0.15, -0.1) is 0 Å². The Kier molecular flexibility index (Phi) is 5.20. The van der Waals surface area contributed by atoms with Crippen molar-refractivity contribution in [1.82, 2.24) is 9.88 Å². The normalized spacial score (nSPS) is 17.2. The summed E-state index contributed by atoms with van der Waals surface area (Å²) in [7, 11) is 0. The molecule has 0 unspecified atom stereocenters. The van der Waals surface area contributed by atoms with Crippen molar-refractivity contribution in [3.8, 4) is 0 Å². The Bertz CT molecular complexity index is 381. The van der Waals surface area contributed by atoms with Crippen molar-refractivity contribution in [2.24, 2.45) is 0 Å². The molecule has 0 radical (unpaired) electrons. The fraction of sp³-hybridized carbons (Fsp3) is 0.688. The third-order valence-corrected chi connectivity index (χ3v) is 3.98. The van der Waals surface area contributed by atoms with E-state index in [9.17, 15) is 0 Å². The molecule has 3 heteroatoms. The quantitative estimate of drug-likeness (QED) is 0.812. The minimum atomic E-state index is 0.554. The molecule has 0 N–H and O–H groups in total. The number of piperazine rings is 1.